The Kier molecular flexibility index (Phi) is 10.8. The molecule has 1 heterocycles. The molecule has 0 bridgehead atoms. The van der Waals surface area contributed by atoms with Crippen LogP contribution in [0.15, 0.2) is 98.9 Å². The highest BCUT2D eigenvalue weighted by atomic mass is 32.2. The lowest BCUT2D eigenvalue weighted by Crippen LogP contribution is -2.18. The summed E-state index contributed by atoms with van der Waals surface area (Å²) in [5.74, 6) is 1.01. The maximum Gasteiger partial charge on any atom is 0.240 e. The lowest BCUT2D eigenvalue weighted by molar-refractivity contribution is 0.586. The fourth-order valence-electron chi connectivity index (χ4n) is 4.21. The first-order valence-corrected chi connectivity index (χ1v) is 17.5. The van der Waals surface area contributed by atoms with Crippen LogP contribution in [-0.2, 0) is 25.5 Å². The molecule has 1 aromatic heterocycles. The van der Waals surface area contributed by atoms with Crippen molar-refractivity contribution in [3.05, 3.63) is 95.6 Å². The van der Waals surface area contributed by atoms with Crippen molar-refractivity contribution in [1.29, 1.82) is 0 Å². The number of hydrogen-bond donors (Lipinski definition) is 5. The number of aromatic nitrogens is 2. The standard InChI is InChI=1S/C32H39N9O4S2/c1-21(23-11-15-27(16-12-23)46(42,43)33-6)38-40-29-20-30(37-31(36-29)35-26-10-8-9-25(19-26)32(3,4)5)41-39-22(2)24-13-17-28(18-14-24)47(44,45)34-7/h8-20,33-34H,1-7H3,(H3,35,36,37,40,41). The van der Waals surface area contributed by atoms with Gasteiger partial charge in [-0.25, -0.2) is 26.3 Å². The average molecular weight is 678 g/mol. The topological polar surface area (TPSA) is 179 Å². The molecule has 15 heteroatoms. The van der Waals surface area contributed by atoms with Crippen molar-refractivity contribution >= 4 is 54.7 Å². The van der Waals surface area contributed by atoms with E-state index < -0.39 is 20.0 Å². The monoisotopic (exact) mass is 677 g/mol. The first kappa shape index (κ1) is 35.2. The number of rotatable bonds is 12. The van der Waals surface area contributed by atoms with Crippen LogP contribution < -0.4 is 25.6 Å². The number of nitrogens with one attached hydrogen (secondary N) is 5. The molecular weight excluding hydrogens is 639 g/mol. The molecule has 248 valence electrons. The smallest absolute Gasteiger partial charge is 0.240 e. The van der Waals surface area contributed by atoms with Crippen LogP contribution in [0.1, 0.15) is 51.3 Å². The van der Waals surface area contributed by atoms with Crippen molar-refractivity contribution in [3.8, 4) is 0 Å². The molecule has 4 aromatic rings. The van der Waals surface area contributed by atoms with E-state index in [1.807, 2.05) is 18.2 Å². The summed E-state index contributed by atoms with van der Waals surface area (Å²) in [4.78, 5) is 9.48. The molecule has 0 saturated heterocycles. The van der Waals surface area contributed by atoms with E-state index in [1.54, 1.807) is 44.2 Å². The zero-order chi connectivity index (χ0) is 34.4. The molecule has 13 nitrogen and oxygen atoms in total. The summed E-state index contributed by atoms with van der Waals surface area (Å²) in [7, 11) is -4.39. The molecule has 5 N–H and O–H groups in total. The second-order valence-corrected chi connectivity index (χ2v) is 15.3. The Bertz CT molecular complexity index is 1890. The van der Waals surface area contributed by atoms with Gasteiger partial charge in [-0.15, -0.1) is 0 Å². The first-order valence-electron chi connectivity index (χ1n) is 14.6. The molecule has 0 aliphatic carbocycles. The maximum atomic E-state index is 12.1. The Morgan fingerprint density at radius 1 is 0.660 bits per heavy atom. The van der Waals surface area contributed by atoms with Gasteiger partial charge in [-0.2, -0.15) is 20.2 Å². The number of sulfonamides is 2. The van der Waals surface area contributed by atoms with Crippen LogP contribution in [0.3, 0.4) is 0 Å². The molecule has 47 heavy (non-hydrogen) atoms. The van der Waals surface area contributed by atoms with Crippen LogP contribution in [-0.4, -0.2) is 52.3 Å². The Morgan fingerprint density at radius 3 is 1.51 bits per heavy atom. The Morgan fingerprint density at radius 2 is 1.11 bits per heavy atom. The third-order valence-electron chi connectivity index (χ3n) is 7.09. The third-order valence-corrected chi connectivity index (χ3v) is 9.95. The molecule has 0 atom stereocenters. The molecule has 0 radical (unpaired) electrons. The second-order valence-electron chi connectivity index (χ2n) is 11.5. The number of benzene rings is 3. The van der Waals surface area contributed by atoms with Crippen molar-refractivity contribution in [2.45, 2.75) is 49.8 Å². The normalized spacial score (nSPS) is 12.9. The van der Waals surface area contributed by atoms with Gasteiger partial charge in [0, 0.05) is 11.8 Å². The summed E-state index contributed by atoms with van der Waals surface area (Å²) < 4.78 is 52.9. The average Bonchev–Trinajstić information content (AvgIpc) is 3.06. The van der Waals surface area contributed by atoms with Gasteiger partial charge >= 0.3 is 0 Å². The highest BCUT2D eigenvalue weighted by Gasteiger charge is 2.15. The van der Waals surface area contributed by atoms with Gasteiger partial charge in [0.1, 0.15) is 0 Å². The van der Waals surface area contributed by atoms with E-state index in [9.17, 15) is 16.8 Å². The lowest BCUT2D eigenvalue weighted by atomic mass is 9.87. The van der Waals surface area contributed by atoms with Crippen molar-refractivity contribution in [1.82, 2.24) is 19.4 Å². The number of nitrogens with zero attached hydrogens (tertiary/aromatic N) is 4. The Labute approximate surface area is 276 Å². The summed E-state index contributed by atoms with van der Waals surface area (Å²) in [5.41, 5.74) is 10.4. The van der Waals surface area contributed by atoms with Crippen molar-refractivity contribution in [3.63, 3.8) is 0 Å². The van der Waals surface area contributed by atoms with Crippen molar-refractivity contribution in [2.24, 2.45) is 10.2 Å². The Hall–Kier alpha value is -4.70. The zero-order valence-electron chi connectivity index (χ0n) is 27.2. The third kappa shape index (κ3) is 9.19. The van der Waals surface area contributed by atoms with E-state index in [2.05, 4.69) is 72.6 Å². The van der Waals surface area contributed by atoms with Gasteiger partial charge in [-0.3, -0.25) is 10.9 Å². The van der Waals surface area contributed by atoms with Gasteiger partial charge in [-0.1, -0.05) is 57.2 Å². The first-order chi connectivity index (χ1) is 22.1. The van der Waals surface area contributed by atoms with E-state index in [0.717, 1.165) is 11.3 Å². The van der Waals surface area contributed by atoms with E-state index in [4.69, 9.17) is 0 Å². The predicted octanol–water partition coefficient (Wildman–Crippen LogP) is 5.01. The van der Waals surface area contributed by atoms with E-state index in [0.29, 0.717) is 34.2 Å². The van der Waals surface area contributed by atoms with Crippen LogP contribution in [0.2, 0.25) is 0 Å². The van der Waals surface area contributed by atoms with Crippen molar-refractivity contribution < 1.29 is 16.8 Å². The van der Waals surface area contributed by atoms with Gasteiger partial charge in [0.25, 0.3) is 0 Å². The zero-order valence-corrected chi connectivity index (χ0v) is 28.9. The molecule has 0 saturated carbocycles. The van der Waals surface area contributed by atoms with Gasteiger partial charge in [0.15, 0.2) is 11.6 Å². The van der Waals surface area contributed by atoms with Gasteiger partial charge in [0.2, 0.25) is 26.0 Å². The van der Waals surface area contributed by atoms with Gasteiger partial charge < -0.3 is 5.32 Å². The Balaban J connectivity index is 1.62. The summed E-state index contributed by atoms with van der Waals surface area (Å²) in [6.07, 6.45) is 0. The minimum atomic E-state index is -3.55. The highest BCUT2D eigenvalue weighted by molar-refractivity contribution is 7.89. The van der Waals surface area contributed by atoms with Crippen molar-refractivity contribution in [2.75, 3.05) is 30.3 Å². The predicted molar refractivity (Wildman–Crippen MR) is 187 cm³/mol. The minimum Gasteiger partial charge on any atom is -0.324 e. The van der Waals surface area contributed by atoms with Crippen LogP contribution in [0, 0.1) is 0 Å². The largest absolute Gasteiger partial charge is 0.324 e. The molecule has 4 rings (SSSR count). The highest BCUT2D eigenvalue weighted by Crippen LogP contribution is 2.26. The van der Waals surface area contributed by atoms with Crippen LogP contribution >= 0.6 is 0 Å². The molecule has 0 amide bonds. The summed E-state index contributed by atoms with van der Waals surface area (Å²) in [6, 6.07) is 22.3. The fraction of sp³-hybridized carbons (Fsp3) is 0.250. The van der Waals surface area contributed by atoms with Crippen LogP contribution in [0.4, 0.5) is 23.3 Å². The van der Waals surface area contributed by atoms with Crippen LogP contribution in [0.5, 0.6) is 0 Å². The van der Waals surface area contributed by atoms with Gasteiger partial charge in [-0.05, 0) is 86.4 Å². The molecule has 0 fully saturated rings. The molecule has 3 aromatic carbocycles. The van der Waals surface area contributed by atoms with Gasteiger partial charge in [0.05, 0.1) is 21.2 Å². The molecule has 0 aliphatic rings. The molecule has 0 spiro atoms. The van der Waals surface area contributed by atoms with E-state index in [-0.39, 0.29) is 21.2 Å². The summed E-state index contributed by atoms with van der Waals surface area (Å²) >= 11 is 0. The maximum absolute atomic E-state index is 12.1. The fourth-order valence-corrected chi connectivity index (χ4v) is 5.67. The molecule has 0 unspecified atom stereocenters. The molecule has 0 aliphatic heterocycles. The van der Waals surface area contributed by atoms with Crippen LogP contribution in [0.25, 0.3) is 0 Å². The van der Waals surface area contributed by atoms with E-state index in [1.165, 1.54) is 38.4 Å². The van der Waals surface area contributed by atoms with E-state index >= 15 is 0 Å². The summed E-state index contributed by atoms with van der Waals surface area (Å²) in [6.45, 7) is 9.97. The summed E-state index contributed by atoms with van der Waals surface area (Å²) in [5, 5.41) is 12.2. The lowest BCUT2D eigenvalue weighted by Gasteiger charge is -2.20. The number of hydrazone groups is 2. The number of anilines is 4. The second kappa shape index (κ2) is 14.4. The number of hydrogen-bond acceptors (Lipinski definition) is 11. The quantitative estimate of drug-likeness (QED) is 0.102. The SMILES string of the molecule is CNS(=O)(=O)c1ccc(C(C)=NNc2cc(NN=C(C)c3ccc(S(=O)(=O)NC)cc3)nc(Nc3cccc(C(C)(C)C)c3)n2)cc1. The molecular formula is C32H39N9O4S2. The minimum absolute atomic E-state index is 0.0575.